The zero-order chi connectivity index (χ0) is 31.5. The number of fused-ring (bicyclic) bond motifs is 2. The smallest absolute Gasteiger partial charge is 0.318 e. The van der Waals surface area contributed by atoms with Gasteiger partial charge in [0.1, 0.15) is 6.04 Å². The van der Waals surface area contributed by atoms with Crippen LogP contribution in [-0.2, 0) is 17.8 Å². The Morgan fingerprint density at radius 2 is 1.73 bits per heavy atom. The first-order valence-electron chi connectivity index (χ1n) is 15.9. The van der Waals surface area contributed by atoms with Gasteiger partial charge < -0.3 is 25.0 Å². The maximum atomic E-state index is 14.8. The highest BCUT2D eigenvalue weighted by molar-refractivity contribution is 6.30. The van der Waals surface area contributed by atoms with E-state index in [0.29, 0.717) is 24.7 Å². The zero-order valence-corrected chi connectivity index (χ0v) is 27.1. The maximum absolute atomic E-state index is 14.8. The second-order valence-corrected chi connectivity index (χ2v) is 13.2. The molecule has 4 aromatic rings. The minimum absolute atomic E-state index is 0.101. The molecule has 2 aliphatic heterocycles. The number of aromatic nitrogens is 1. The van der Waals surface area contributed by atoms with Gasteiger partial charge in [-0.05, 0) is 67.4 Å². The molecule has 0 aliphatic carbocycles. The van der Waals surface area contributed by atoms with E-state index in [9.17, 15) is 9.59 Å². The molecule has 6 rings (SSSR count). The summed E-state index contributed by atoms with van der Waals surface area (Å²) in [5.74, 6) is -0.134. The molecule has 3 atom stereocenters. The summed E-state index contributed by atoms with van der Waals surface area (Å²) in [6.45, 7) is 7.11. The van der Waals surface area contributed by atoms with Gasteiger partial charge in [-0.15, -0.1) is 0 Å². The van der Waals surface area contributed by atoms with Crippen molar-refractivity contribution in [3.05, 3.63) is 101 Å². The Morgan fingerprint density at radius 3 is 2.49 bits per heavy atom. The Bertz CT molecular complexity index is 1630. The van der Waals surface area contributed by atoms with E-state index in [1.54, 1.807) is 0 Å². The molecule has 3 amide bonds. The molecule has 0 spiro atoms. The number of aromatic amines is 1. The van der Waals surface area contributed by atoms with E-state index in [2.05, 4.69) is 64.5 Å². The van der Waals surface area contributed by atoms with Gasteiger partial charge in [0.15, 0.2) is 0 Å². The van der Waals surface area contributed by atoms with E-state index in [1.165, 1.54) is 5.56 Å². The fraction of sp³-hybridized carbons (Fsp3) is 0.389. The first kappa shape index (κ1) is 31.1. The van der Waals surface area contributed by atoms with E-state index >= 15 is 0 Å². The third kappa shape index (κ3) is 7.03. The molecule has 0 bridgehead atoms. The SMILES string of the molecule is CC(c1c[nH]c2ccccc12)C(NC(=O)N1CCN(Cc2ccccc2)CC1)C(=O)N1C[C@@H](CN(C)C)Cc2cc(Cl)ccc21. The number of nitrogens with zero attached hydrogens (tertiary/aromatic N) is 4. The van der Waals surface area contributed by atoms with Gasteiger partial charge in [-0.25, -0.2) is 4.79 Å². The summed E-state index contributed by atoms with van der Waals surface area (Å²) in [6.07, 6.45) is 2.82. The summed E-state index contributed by atoms with van der Waals surface area (Å²) in [5.41, 5.74) is 5.22. The number of H-pyrrole nitrogens is 1. The summed E-state index contributed by atoms with van der Waals surface area (Å²) >= 11 is 6.42. The lowest BCUT2D eigenvalue weighted by atomic mass is 9.88. The number of para-hydroxylation sites is 1. The lowest BCUT2D eigenvalue weighted by Crippen LogP contribution is -2.58. The Morgan fingerprint density at radius 1 is 1.00 bits per heavy atom. The normalized spacial score (nSPS) is 18.6. The highest BCUT2D eigenvalue weighted by Crippen LogP contribution is 2.35. The largest absolute Gasteiger partial charge is 0.361 e. The van der Waals surface area contributed by atoms with Gasteiger partial charge in [-0.3, -0.25) is 9.69 Å². The summed E-state index contributed by atoms with van der Waals surface area (Å²) in [6, 6.07) is 23.3. The lowest BCUT2D eigenvalue weighted by Gasteiger charge is -2.40. The summed E-state index contributed by atoms with van der Waals surface area (Å²) in [7, 11) is 4.11. The van der Waals surface area contributed by atoms with Crippen LogP contribution in [0.25, 0.3) is 10.9 Å². The van der Waals surface area contributed by atoms with Crippen LogP contribution in [0.2, 0.25) is 5.02 Å². The third-order valence-electron chi connectivity index (χ3n) is 9.24. The second kappa shape index (κ2) is 13.6. The number of piperazine rings is 1. The standard InChI is InChI=1S/C36H43ClN6O2/c1-25(31-21-38-32-12-8-7-11-30(31)32)34(39-36(45)42-17-15-41(16-18-42)23-26-9-5-4-6-10-26)35(44)43-24-27(22-40(2)3)19-28-20-29(37)13-14-33(28)43/h4-14,20-21,25,27,34,38H,15-19,22-24H2,1-3H3,(H,39,45)/t25?,27-,34?/m1/s1. The van der Waals surface area contributed by atoms with Crippen LogP contribution in [0.3, 0.4) is 0 Å². The molecule has 1 saturated heterocycles. The van der Waals surface area contributed by atoms with Gasteiger partial charge in [-0.1, -0.05) is 67.1 Å². The minimum Gasteiger partial charge on any atom is -0.361 e. The topological polar surface area (TPSA) is 74.9 Å². The van der Waals surface area contributed by atoms with Crippen molar-refractivity contribution in [2.45, 2.75) is 31.8 Å². The molecular weight excluding hydrogens is 584 g/mol. The summed E-state index contributed by atoms with van der Waals surface area (Å²) < 4.78 is 0. The van der Waals surface area contributed by atoms with Gasteiger partial charge in [-0.2, -0.15) is 0 Å². The van der Waals surface area contributed by atoms with Crippen LogP contribution < -0.4 is 10.2 Å². The van der Waals surface area contributed by atoms with Crippen molar-refractivity contribution in [2.75, 3.05) is 58.3 Å². The number of rotatable bonds is 8. The lowest BCUT2D eigenvalue weighted by molar-refractivity contribution is -0.121. The van der Waals surface area contributed by atoms with Crippen LogP contribution in [0.1, 0.15) is 29.5 Å². The number of amides is 3. The number of anilines is 1. The first-order valence-corrected chi connectivity index (χ1v) is 16.3. The van der Waals surface area contributed by atoms with Crippen LogP contribution in [0.15, 0.2) is 79.0 Å². The summed E-state index contributed by atoms with van der Waals surface area (Å²) in [5, 5.41) is 4.95. The Kier molecular flexibility index (Phi) is 9.45. The van der Waals surface area contributed by atoms with Crippen molar-refractivity contribution in [1.29, 1.82) is 0 Å². The predicted molar refractivity (Wildman–Crippen MR) is 182 cm³/mol. The van der Waals surface area contributed by atoms with Crippen LogP contribution in [0, 0.1) is 5.92 Å². The molecule has 2 aliphatic rings. The van der Waals surface area contributed by atoms with Crippen molar-refractivity contribution in [2.24, 2.45) is 5.92 Å². The van der Waals surface area contributed by atoms with Gasteiger partial charge >= 0.3 is 6.03 Å². The summed E-state index contributed by atoms with van der Waals surface area (Å²) in [4.78, 5) is 40.3. The van der Waals surface area contributed by atoms with E-state index in [1.807, 2.05) is 65.4 Å². The van der Waals surface area contributed by atoms with Crippen molar-refractivity contribution >= 4 is 40.1 Å². The molecule has 3 heterocycles. The molecule has 2 unspecified atom stereocenters. The molecule has 236 valence electrons. The second-order valence-electron chi connectivity index (χ2n) is 12.8. The molecule has 3 aromatic carbocycles. The number of carbonyl (C=O) groups is 2. The van der Waals surface area contributed by atoms with E-state index < -0.39 is 6.04 Å². The number of urea groups is 1. The Balaban J connectivity index is 1.26. The van der Waals surface area contributed by atoms with Crippen LogP contribution in [-0.4, -0.2) is 91.0 Å². The highest BCUT2D eigenvalue weighted by Gasteiger charge is 2.38. The molecule has 2 N–H and O–H groups in total. The van der Waals surface area contributed by atoms with Crippen molar-refractivity contribution < 1.29 is 9.59 Å². The Labute approximate surface area is 270 Å². The van der Waals surface area contributed by atoms with Gasteiger partial charge in [0, 0.05) is 79.5 Å². The number of hydrogen-bond donors (Lipinski definition) is 2. The number of halogens is 1. The number of hydrogen-bond acceptors (Lipinski definition) is 4. The first-order chi connectivity index (χ1) is 21.8. The molecule has 8 nitrogen and oxygen atoms in total. The zero-order valence-electron chi connectivity index (χ0n) is 26.4. The monoisotopic (exact) mass is 626 g/mol. The van der Waals surface area contributed by atoms with Crippen LogP contribution in [0.4, 0.5) is 10.5 Å². The van der Waals surface area contributed by atoms with Crippen LogP contribution >= 0.6 is 11.6 Å². The van der Waals surface area contributed by atoms with Gasteiger partial charge in [0.25, 0.3) is 0 Å². The number of nitrogens with one attached hydrogen (secondary N) is 2. The minimum atomic E-state index is -0.763. The molecule has 1 fully saturated rings. The molecule has 9 heteroatoms. The molecule has 0 saturated carbocycles. The van der Waals surface area contributed by atoms with Crippen molar-refractivity contribution in [1.82, 2.24) is 25.0 Å². The molecular formula is C36H43ClN6O2. The van der Waals surface area contributed by atoms with Gasteiger partial charge in [0.2, 0.25) is 5.91 Å². The van der Waals surface area contributed by atoms with Crippen LogP contribution in [0.5, 0.6) is 0 Å². The Hall–Kier alpha value is -3.85. The number of benzene rings is 3. The van der Waals surface area contributed by atoms with Crippen molar-refractivity contribution in [3.63, 3.8) is 0 Å². The van der Waals surface area contributed by atoms with E-state index in [0.717, 1.165) is 60.3 Å². The molecule has 45 heavy (non-hydrogen) atoms. The fourth-order valence-electron chi connectivity index (χ4n) is 6.95. The third-order valence-corrected chi connectivity index (χ3v) is 9.47. The molecule has 1 aromatic heterocycles. The number of carbonyl (C=O) groups excluding carboxylic acids is 2. The maximum Gasteiger partial charge on any atom is 0.318 e. The van der Waals surface area contributed by atoms with Gasteiger partial charge in [0.05, 0.1) is 0 Å². The highest BCUT2D eigenvalue weighted by atomic mass is 35.5. The van der Waals surface area contributed by atoms with E-state index in [-0.39, 0.29) is 23.8 Å². The van der Waals surface area contributed by atoms with Crippen molar-refractivity contribution in [3.8, 4) is 0 Å². The van der Waals surface area contributed by atoms with E-state index in [4.69, 9.17) is 11.6 Å². The molecule has 0 radical (unpaired) electrons. The fourth-order valence-corrected chi connectivity index (χ4v) is 7.15. The quantitative estimate of drug-likeness (QED) is 0.268. The average Bonchev–Trinajstić information content (AvgIpc) is 3.47. The average molecular weight is 627 g/mol. The predicted octanol–water partition coefficient (Wildman–Crippen LogP) is 5.59.